The summed E-state index contributed by atoms with van der Waals surface area (Å²) in [6.45, 7) is 3.72. The van der Waals surface area contributed by atoms with E-state index in [2.05, 4.69) is 17.0 Å². The molecule has 7 heteroatoms. The van der Waals surface area contributed by atoms with Crippen LogP contribution in [0.3, 0.4) is 0 Å². The van der Waals surface area contributed by atoms with Gasteiger partial charge in [0, 0.05) is 30.3 Å². The first-order valence-electron chi connectivity index (χ1n) is 11.4. The highest BCUT2D eigenvalue weighted by Crippen LogP contribution is 2.47. The first kappa shape index (κ1) is 22.7. The van der Waals surface area contributed by atoms with Gasteiger partial charge in [0.15, 0.2) is 11.5 Å². The molecule has 0 fully saturated rings. The van der Waals surface area contributed by atoms with Gasteiger partial charge in [-0.25, -0.2) is 4.21 Å². The number of ether oxygens (including phenoxy) is 3. The largest absolute Gasteiger partial charge is 0.496 e. The summed E-state index contributed by atoms with van der Waals surface area (Å²) in [6, 6.07) is 15.6. The lowest BCUT2D eigenvalue weighted by Gasteiger charge is -2.42. The third-order valence-corrected chi connectivity index (χ3v) is 7.78. The molecule has 0 saturated carbocycles. The van der Waals surface area contributed by atoms with Crippen LogP contribution < -0.4 is 18.4 Å². The number of aryl methyl sites for hydroxylation is 1. The monoisotopic (exact) mass is 479 g/mol. The summed E-state index contributed by atoms with van der Waals surface area (Å²) in [4.78, 5) is 3.10. The van der Waals surface area contributed by atoms with E-state index >= 15 is 0 Å². The Bertz CT molecular complexity index is 1240. The van der Waals surface area contributed by atoms with Gasteiger partial charge in [-0.3, -0.25) is 4.90 Å². The molecule has 2 unspecified atom stereocenters. The maximum Gasteiger partial charge on any atom is 0.240 e. The van der Waals surface area contributed by atoms with E-state index in [4.69, 9.17) is 18.4 Å². The highest BCUT2D eigenvalue weighted by atomic mass is 32.2. The smallest absolute Gasteiger partial charge is 0.240 e. The molecule has 0 saturated heterocycles. The van der Waals surface area contributed by atoms with Crippen molar-refractivity contribution in [2.24, 2.45) is 0 Å². The van der Waals surface area contributed by atoms with Crippen molar-refractivity contribution in [3.05, 3.63) is 76.3 Å². The number of fused-ring (bicyclic) bond motifs is 4. The van der Waals surface area contributed by atoms with Crippen LogP contribution in [0.5, 0.6) is 23.0 Å². The van der Waals surface area contributed by atoms with Crippen molar-refractivity contribution in [1.82, 2.24) is 4.90 Å². The van der Waals surface area contributed by atoms with E-state index < -0.39 is 11.1 Å². The van der Waals surface area contributed by atoms with Crippen molar-refractivity contribution in [3.63, 3.8) is 0 Å². The fourth-order valence-electron chi connectivity index (χ4n) is 5.03. The van der Waals surface area contributed by atoms with Gasteiger partial charge in [-0.15, -0.1) is 0 Å². The third-order valence-electron chi connectivity index (χ3n) is 6.79. The summed E-state index contributed by atoms with van der Waals surface area (Å²) in [5, 5.41) is 0. The molecule has 0 aromatic heterocycles. The number of benzene rings is 3. The molecule has 3 aromatic rings. The van der Waals surface area contributed by atoms with Crippen LogP contribution in [0.25, 0.3) is 0 Å². The second-order valence-electron chi connectivity index (χ2n) is 8.71. The van der Waals surface area contributed by atoms with Crippen LogP contribution in [0.4, 0.5) is 0 Å². The minimum Gasteiger partial charge on any atom is -0.496 e. The summed E-state index contributed by atoms with van der Waals surface area (Å²) in [6.07, 6.45) is 1.63. The van der Waals surface area contributed by atoms with Gasteiger partial charge in [0.2, 0.25) is 11.1 Å². The Labute approximate surface area is 203 Å². The SMILES string of the molecule is COc1cc2c(cc1OC)CN1CCc3c(OC)ccc(OS(=O)c4ccc(C)cc4)c3C1C2. The number of methoxy groups -OCH3 is 3. The minimum absolute atomic E-state index is 0.0921. The summed E-state index contributed by atoms with van der Waals surface area (Å²) in [5.41, 5.74) is 5.77. The lowest BCUT2D eigenvalue weighted by atomic mass is 9.83. The van der Waals surface area contributed by atoms with Crippen molar-refractivity contribution in [3.8, 4) is 23.0 Å². The van der Waals surface area contributed by atoms with Gasteiger partial charge in [-0.2, -0.15) is 0 Å². The van der Waals surface area contributed by atoms with Crippen molar-refractivity contribution in [2.45, 2.75) is 37.2 Å². The maximum absolute atomic E-state index is 13.1. The number of rotatable bonds is 6. The molecule has 0 spiro atoms. The van der Waals surface area contributed by atoms with Crippen LogP contribution in [-0.4, -0.2) is 37.0 Å². The second-order valence-corrected chi connectivity index (χ2v) is 9.81. The van der Waals surface area contributed by atoms with Crippen molar-refractivity contribution >= 4 is 11.1 Å². The van der Waals surface area contributed by atoms with Crippen LogP contribution in [0.2, 0.25) is 0 Å². The molecular formula is C27H29NO5S. The Morgan fingerprint density at radius 3 is 2.18 bits per heavy atom. The third kappa shape index (κ3) is 4.03. The molecule has 2 atom stereocenters. The minimum atomic E-state index is -1.61. The molecule has 6 nitrogen and oxygen atoms in total. The van der Waals surface area contributed by atoms with E-state index in [1.54, 1.807) is 21.3 Å². The van der Waals surface area contributed by atoms with Gasteiger partial charge < -0.3 is 18.4 Å². The number of nitrogens with zero attached hydrogens (tertiary/aromatic N) is 1. The van der Waals surface area contributed by atoms with Crippen molar-refractivity contribution < 1.29 is 22.6 Å². The number of hydrogen-bond acceptors (Lipinski definition) is 6. The molecule has 34 heavy (non-hydrogen) atoms. The molecule has 0 amide bonds. The predicted octanol–water partition coefficient (Wildman–Crippen LogP) is 4.78. The van der Waals surface area contributed by atoms with Gasteiger partial charge in [0.25, 0.3) is 0 Å². The fraction of sp³-hybridized carbons (Fsp3) is 0.333. The lowest BCUT2D eigenvalue weighted by molar-refractivity contribution is 0.157. The zero-order valence-corrected chi connectivity index (χ0v) is 20.7. The quantitative estimate of drug-likeness (QED) is 0.507. The molecule has 0 bridgehead atoms. The Hall–Kier alpha value is -3.03. The molecule has 0 radical (unpaired) electrons. The molecule has 3 aromatic carbocycles. The Morgan fingerprint density at radius 2 is 1.50 bits per heavy atom. The first-order chi connectivity index (χ1) is 16.5. The van der Waals surface area contributed by atoms with Gasteiger partial charge in [0.1, 0.15) is 11.5 Å². The van der Waals surface area contributed by atoms with Gasteiger partial charge >= 0.3 is 0 Å². The predicted molar refractivity (Wildman–Crippen MR) is 131 cm³/mol. The lowest BCUT2D eigenvalue weighted by Crippen LogP contribution is -2.39. The molecular weight excluding hydrogens is 450 g/mol. The Kier molecular flexibility index (Phi) is 6.23. The van der Waals surface area contributed by atoms with Crippen LogP contribution >= 0.6 is 0 Å². The van der Waals surface area contributed by atoms with E-state index in [1.807, 2.05) is 43.3 Å². The standard InChI is InChI=1S/C27H29NO5S/c1-17-5-7-20(8-6-17)34(29)33-24-10-9-23(30-2)21-11-12-28-16-19-15-26(32-4)25(31-3)14-18(19)13-22(28)27(21)24/h5-10,14-15,22H,11-13,16H2,1-4H3. The van der Waals surface area contributed by atoms with Crippen molar-refractivity contribution in [1.29, 1.82) is 0 Å². The van der Waals surface area contributed by atoms with Crippen LogP contribution in [0, 0.1) is 6.92 Å². The molecule has 178 valence electrons. The molecule has 2 aliphatic rings. The molecule has 0 aliphatic carbocycles. The molecule has 0 N–H and O–H groups in total. The van der Waals surface area contributed by atoms with E-state index in [1.165, 1.54) is 11.1 Å². The highest BCUT2D eigenvalue weighted by molar-refractivity contribution is 7.80. The highest BCUT2D eigenvalue weighted by Gasteiger charge is 2.36. The van der Waals surface area contributed by atoms with Crippen LogP contribution in [0.15, 0.2) is 53.4 Å². The van der Waals surface area contributed by atoms with Crippen molar-refractivity contribution in [2.75, 3.05) is 27.9 Å². The Balaban J connectivity index is 1.54. The average molecular weight is 480 g/mol. The van der Waals surface area contributed by atoms with Gasteiger partial charge in [-0.1, -0.05) is 17.7 Å². The fourth-order valence-corrected chi connectivity index (χ4v) is 5.79. The van der Waals surface area contributed by atoms with E-state index in [-0.39, 0.29) is 6.04 Å². The summed E-state index contributed by atoms with van der Waals surface area (Å²) in [7, 11) is 5.02. The summed E-state index contributed by atoms with van der Waals surface area (Å²) < 4.78 is 36.0. The Morgan fingerprint density at radius 1 is 0.853 bits per heavy atom. The summed E-state index contributed by atoms with van der Waals surface area (Å²) in [5.74, 6) is 2.97. The zero-order chi connectivity index (χ0) is 23.8. The maximum atomic E-state index is 13.1. The zero-order valence-electron chi connectivity index (χ0n) is 19.9. The normalized spacial score (nSPS) is 17.7. The van der Waals surface area contributed by atoms with Crippen LogP contribution in [-0.2, 0) is 30.5 Å². The molecule has 5 rings (SSSR count). The first-order valence-corrected chi connectivity index (χ1v) is 12.4. The van der Waals surface area contributed by atoms with E-state index in [0.29, 0.717) is 10.6 Å². The van der Waals surface area contributed by atoms with Crippen LogP contribution in [0.1, 0.15) is 33.9 Å². The van der Waals surface area contributed by atoms with Gasteiger partial charge in [0.05, 0.1) is 26.2 Å². The summed E-state index contributed by atoms with van der Waals surface area (Å²) >= 11 is -1.61. The molecule has 2 aliphatic heterocycles. The van der Waals surface area contributed by atoms with E-state index in [9.17, 15) is 4.21 Å². The average Bonchev–Trinajstić information content (AvgIpc) is 2.86. The second kappa shape index (κ2) is 9.31. The molecule has 2 heterocycles. The van der Waals surface area contributed by atoms with E-state index in [0.717, 1.165) is 59.9 Å². The number of hydrogen-bond donors (Lipinski definition) is 0. The van der Waals surface area contributed by atoms with Gasteiger partial charge in [-0.05, 0) is 67.3 Å². The topological polar surface area (TPSA) is 57.2 Å².